The molecule has 0 spiro atoms. The van der Waals surface area contributed by atoms with Crippen molar-refractivity contribution in [1.29, 1.82) is 0 Å². The van der Waals surface area contributed by atoms with E-state index in [0.29, 0.717) is 82.8 Å². The Balaban J connectivity index is 1.24. The summed E-state index contributed by atoms with van der Waals surface area (Å²) in [5, 5.41) is 14.7. The van der Waals surface area contributed by atoms with Crippen molar-refractivity contribution in [2.45, 2.75) is 73.1 Å². The van der Waals surface area contributed by atoms with Crippen LogP contribution in [-0.2, 0) is 30.9 Å². The number of hydrogen-bond acceptors (Lipinski definition) is 10. The predicted molar refractivity (Wildman–Crippen MR) is 220 cm³/mol. The number of imidazole rings is 2. The minimum Gasteiger partial charge on any atom is -0.491 e. The lowest BCUT2D eigenvalue weighted by atomic mass is 9.99. The molecule has 0 saturated carbocycles. The number of nitrogens with one attached hydrogen (secondary N) is 2. The van der Waals surface area contributed by atoms with Gasteiger partial charge in [0.1, 0.15) is 22.7 Å². The van der Waals surface area contributed by atoms with Crippen LogP contribution in [0, 0.1) is 19.8 Å². The Morgan fingerprint density at radius 2 is 1.41 bits per heavy atom. The molecule has 1 unspecified atom stereocenters. The Hall–Kier alpha value is -6.82. The Kier molecular flexibility index (Phi) is 11.9. The van der Waals surface area contributed by atoms with E-state index in [0.717, 1.165) is 25.9 Å². The van der Waals surface area contributed by atoms with E-state index in [-0.39, 0.29) is 36.1 Å². The van der Waals surface area contributed by atoms with Crippen LogP contribution in [-0.4, -0.2) is 82.1 Å². The summed E-state index contributed by atoms with van der Waals surface area (Å²) in [6.07, 6.45) is 6.55. The van der Waals surface area contributed by atoms with Gasteiger partial charge in [-0.1, -0.05) is 12.2 Å². The van der Waals surface area contributed by atoms with Gasteiger partial charge in [0.25, 0.3) is 11.8 Å². The number of fused-ring (bicyclic) bond motifs is 2. The van der Waals surface area contributed by atoms with Crippen molar-refractivity contribution in [3.63, 3.8) is 0 Å². The summed E-state index contributed by atoms with van der Waals surface area (Å²) in [6.45, 7) is 10.6. The van der Waals surface area contributed by atoms with Crippen LogP contribution in [0.4, 0.5) is 11.9 Å². The lowest BCUT2D eigenvalue weighted by Gasteiger charge is -2.22. The van der Waals surface area contributed by atoms with Gasteiger partial charge in [0, 0.05) is 50.5 Å². The number of nitrogens with zero attached hydrogens (tertiary/aromatic N) is 8. The third-order valence-corrected chi connectivity index (χ3v) is 10.2. The van der Waals surface area contributed by atoms with Crippen molar-refractivity contribution in [2.75, 3.05) is 30.5 Å². The number of aromatic nitrogens is 8. The minimum absolute atomic E-state index is 0.204. The number of rotatable bonds is 16. The fourth-order valence-corrected chi connectivity index (χ4v) is 7.32. The molecule has 2 aromatic carbocycles. The fourth-order valence-electron chi connectivity index (χ4n) is 7.32. The molecule has 4 aromatic heterocycles. The zero-order valence-corrected chi connectivity index (χ0v) is 33.5. The zero-order valence-electron chi connectivity index (χ0n) is 33.5. The second-order valence-electron chi connectivity index (χ2n) is 14.4. The van der Waals surface area contributed by atoms with Gasteiger partial charge in [0.15, 0.2) is 0 Å². The highest BCUT2D eigenvalue weighted by Crippen LogP contribution is 2.32. The average molecular weight is 805 g/mol. The molecule has 0 radical (unpaired) electrons. The van der Waals surface area contributed by atoms with Gasteiger partial charge in [-0.25, -0.2) is 9.97 Å². The van der Waals surface area contributed by atoms with Crippen molar-refractivity contribution < 1.29 is 28.7 Å². The minimum atomic E-state index is -0.646. The van der Waals surface area contributed by atoms with Gasteiger partial charge in [-0.15, -0.1) is 0 Å². The van der Waals surface area contributed by atoms with E-state index < -0.39 is 23.6 Å². The molecule has 5 heterocycles. The van der Waals surface area contributed by atoms with Crippen LogP contribution in [0.1, 0.15) is 86.2 Å². The van der Waals surface area contributed by atoms with Gasteiger partial charge < -0.3 is 30.1 Å². The van der Waals surface area contributed by atoms with E-state index in [4.69, 9.17) is 25.9 Å². The number of anilines is 2. The molecule has 6 aromatic rings. The topological polar surface area (TPSA) is 234 Å². The van der Waals surface area contributed by atoms with E-state index in [2.05, 4.69) is 25.8 Å². The van der Waals surface area contributed by atoms with E-state index in [1.54, 1.807) is 61.0 Å². The van der Waals surface area contributed by atoms with Gasteiger partial charge in [-0.05, 0) is 95.3 Å². The Morgan fingerprint density at radius 1 is 0.814 bits per heavy atom. The third kappa shape index (κ3) is 8.72. The molecule has 18 heteroatoms. The first-order valence-corrected chi connectivity index (χ1v) is 19.6. The summed E-state index contributed by atoms with van der Waals surface area (Å²) >= 11 is 0. The number of nitrogens with two attached hydrogens (primary N) is 2. The van der Waals surface area contributed by atoms with Crippen molar-refractivity contribution >= 4 is 57.6 Å². The molecule has 1 aliphatic heterocycles. The molecular formula is C41H48N12O6. The molecule has 1 fully saturated rings. The zero-order chi connectivity index (χ0) is 41.8. The second kappa shape index (κ2) is 17.4. The number of carbonyl (C=O) groups excluding carboxylic acids is 4. The highest BCUT2D eigenvalue weighted by molar-refractivity contribution is 6.05. The molecule has 1 aliphatic rings. The van der Waals surface area contributed by atoms with Gasteiger partial charge in [0.2, 0.25) is 23.7 Å². The number of carbonyl (C=O) groups is 4. The third-order valence-electron chi connectivity index (χ3n) is 10.2. The van der Waals surface area contributed by atoms with Crippen molar-refractivity contribution in [1.82, 2.24) is 38.7 Å². The first kappa shape index (κ1) is 40.4. The summed E-state index contributed by atoms with van der Waals surface area (Å²) in [5.74, 6) is -0.856. The van der Waals surface area contributed by atoms with E-state index >= 15 is 0 Å². The molecule has 0 bridgehead atoms. The number of ether oxygens (including phenoxy) is 2. The number of benzene rings is 2. The molecule has 308 valence electrons. The fraction of sp³-hybridized carbons (Fsp3) is 0.366. The smallest absolute Gasteiger partial charge is 0.276 e. The highest BCUT2D eigenvalue weighted by atomic mass is 16.5. The Morgan fingerprint density at radius 3 is 2.00 bits per heavy atom. The molecule has 4 amide bonds. The second-order valence-corrected chi connectivity index (χ2v) is 14.4. The monoisotopic (exact) mass is 804 g/mol. The van der Waals surface area contributed by atoms with Crippen LogP contribution >= 0.6 is 0 Å². The van der Waals surface area contributed by atoms with E-state index in [9.17, 15) is 19.2 Å². The maximum atomic E-state index is 13.7. The maximum absolute atomic E-state index is 13.7. The van der Waals surface area contributed by atoms with Crippen LogP contribution in [0.2, 0.25) is 0 Å². The Bertz CT molecular complexity index is 2590. The quantitative estimate of drug-likeness (QED) is 0.0994. The first-order valence-electron chi connectivity index (χ1n) is 19.6. The number of amides is 4. The van der Waals surface area contributed by atoms with E-state index in [1.165, 1.54) is 0 Å². The first-order chi connectivity index (χ1) is 28.4. The van der Waals surface area contributed by atoms with Gasteiger partial charge in [0.05, 0.1) is 34.5 Å². The van der Waals surface area contributed by atoms with Crippen LogP contribution in [0.15, 0.2) is 54.6 Å². The van der Waals surface area contributed by atoms with Gasteiger partial charge >= 0.3 is 0 Å². The van der Waals surface area contributed by atoms with Gasteiger partial charge in [-0.3, -0.25) is 39.2 Å². The predicted octanol–water partition coefficient (Wildman–Crippen LogP) is 4.59. The lowest BCUT2D eigenvalue weighted by Crippen LogP contribution is -2.20. The molecular weight excluding hydrogens is 757 g/mol. The largest absolute Gasteiger partial charge is 0.491 e. The highest BCUT2D eigenvalue weighted by Gasteiger charge is 2.23. The number of aryl methyl sites for hydroxylation is 4. The molecule has 1 saturated heterocycles. The van der Waals surface area contributed by atoms with E-state index in [1.807, 2.05) is 39.8 Å². The normalized spacial score (nSPS) is 14.3. The Labute approximate surface area is 339 Å². The average Bonchev–Trinajstić information content (AvgIpc) is 3.98. The van der Waals surface area contributed by atoms with Crippen molar-refractivity contribution in [2.24, 2.45) is 17.4 Å². The molecule has 0 aliphatic carbocycles. The summed E-state index contributed by atoms with van der Waals surface area (Å²) in [7, 11) is 0. The number of primary amides is 2. The van der Waals surface area contributed by atoms with Crippen LogP contribution < -0.4 is 26.8 Å². The van der Waals surface area contributed by atoms with Crippen LogP contribution in [0.25, 0.3) is 22.1 Å². The maximum Gasteiger partial charge on any atom is 0.276 e. The van der Waals surface area contributed by atoms with Crippen LogP contribution in [0.5, 0.6) is 5.75 Å². The van der Waals surface area contributed by atoms with Crippen molar-refractivity contribution in [3.05, 3.63) is 88.5 Å². The standard InChI is InChI=1S/C41H48N12O6/c1-5-52-32(18-24(3)48-52)38(56)46-40-44-29-20-27(36(42)54)11-12-31(29)50(40)14-7-8-15-51-35-30(45-41(51)47-39(57)33-19-25(4)49-53(33)6-2)21-28(37(43)55)22-34(35)59-17-13-26-10-9-16-58-23-26/h7-8,11-12,18-22,26H,5-6,9-10,13-17,23H2,1-4H3,(H2,42,54)(H2,43,55)(H,44,46,56)(H,45,47,57)/b8-7+. The summed E-state index contributed by atoms with van der Waals surface area (Å²) in [5.41, 5.74) is 16.0. The lowest BCUT2D eigenvalue weighted by molar-refractivity contribution is 0.0463. The molecule has 1 atom stereocenters. The van der Waals surface area contributed by atoms with Crippen LogP contribution in [0.3, 0.4) is 0 Å². The molecule has 6 N–H and O–H groups in total. The summed E-state index contributed by atoms with van der Waals surface area (Å²) in [4.78, 5) is 61.2. The number of hydrogen-bond donors (Lipinski definition) is 4. The summed E-state index contributed by atoms with van der Waals surface area (Å²) in [6, 6.07) is 11.5. The molecule has 18 nitrogen and oxygen atoms in total. The molecule has 59 heavy (non-hydrogen) atoms. The molecule has 7 rings (SSSR count). The van der Waals surface area contributed by atoms with Crippen molar-refractivity contribution in [3.8, 4) is 5.75 Å². The SMILES string of the molecule is CCn1nc(C)cc1C(=O)Nc1nc2cc(C(N)=O)ccc2n1C/C=C/Cn1c(NC(=O)c2cc(C)nn2CC)nc2cc(C(N)=O)cc(OCCC3CCCOC3)c21. The summed E-state index contributed by atoms with van der Waals surface area (Å²) < 4.78 is 18.9. The number of allylic oxidation sites excluding steroid dienone is 2. The van der Waals surface area contributed by atoms with Gasteiger partial charge in [-0.2, -0.15) is 10.2 Å².